The summed E-state index contributed by atoms with van der Waals surface area (Å²) in [4.78, 5) is 16.8. The van der Waals surface area contributed by atoms with Gasteiger partial charge in [0.2, 0.25) is 0 Å². The van der Waals surface area contributed by atoms with Crippen LogP contribution in [0.3, 0.4) is 0 Å². The van der Waals surface area contributed by atoms with Crippen molar-refractivity contribution in [3.8, 4) is 0 Å². The molecule has 0 amide bonds. The van der Waals surface area contributed by atoms with Crippen LogP contribution in [-0.2, 0) is 0 Å². The summed E-state index contributed by atoms with van der Waals surface area (Å²) in [5, 5.41) is 1.12. The van der Waals surface area contributed by atoms with Crippen LogP contribution in [0.4, 0.5) is 0 Å². The number of aromatic amines is 1. The van der Waals surface area contributed by atoms with Crippen LogP contribution in [0.5, 0.6) is 0 Å². The molecule has 1 fully saturated rings. The molecule has 24 heavy (non-hydrogen) atoms. The van der Waals surface area contributed by atoms with E-state index in [1.165, 1.54) is 25.9 Å². The van der Waals surface area contributed by atoms with Crippen molar-refractivity contribution < 1.29 is 0 Å². The average molecular weight is 324 g/mol. The fourth-order valence-corrected chi connectivity index (χ4v) is 3.57. The van der Waals surface area contributed by atoms with Crippen LogP contribution in [0, 0.1) is 0 Å². The maximum absolute atomic E-state index is 6.11. The molecule has 6 nitrogen and oxygen atoms in total. The van der Waals surface area contributed by atoms with E-state index in [0.29, 0.717) is 5.96 Å². The summed E-state index contributed by atoms with van der Waals surface area (Å²) in [5.74, 6) is 0.639. The minimum atomic E-state index is 0.639. The summed E-state index contributed by atoms with van der Waals surface area (Å²) in [5.41, 5.74) is 9.14. The third-order valence-corrected chi connectivity index (χ3v) is 4.84. The molecule has 126 valence electrons. The van der Waals surface area contributed by atoms with Gasteiger partial charge in [-0.15, -0.1) is 0 Å². The summed E-state index contributed by atoms with van der Waals surface area (Å²) in [6, 6.07) is 4.02. The second-order valence-corrected chi connectivity index (χ2v) is 6.57. The van der Waals surface area contributed by atoms with Gasteiger partial charge in [0.25, 0.3) is 0 Å². The number of H-pyrrole nitrogens is 1. The second kappa shape index (κ2) is 6.65. The highest BCUT2D eigenvalue weighted by atomic mass is 15.3. The van der Waals surface area contributed by atoms with E-state index in [1.807, 2.05) is 12.3 Å². The van der Waals surface area contributed by atoms with E-state index < -0.39 is 0 Å². The number of aliphatic imine (C=N–C) groups is 1. The van der Waals surface area contributed by atoms with E-state index in [4.69, 9.17) is 5.73 Å². The maximum Gasteiger partial charge on any atom is 0.196 e. The second-order valence-electron chi connectivity index (χ2n) is 6.57. The first-order valence-corrected chi connectivity index (χ1v) is 8.74. The van der Waals surface area contributed by atoms with Crippen molar-refractivity contribution in [2.75, 3.05) is 32.7 Å². The third-order valence-electron chi connectivity index (χ3n) is 4.84. The summed E-state index contributed by atoms with van der Waals surface area (Å²) in [6.45, 7) is 5.43. The van der Waals surface area contributed by atoms with Gasteiger partial charge >= 0.3 is 0 Å². The Morgan fingerprint density at radius 1 is 1.25 bits per heavy atom. The zero-order valence-electron chi connectivity index (χ0n) is 13.9. The zero-order chi connectivity index (χ0) is 16.4. The van der Waals surface area contributed by atoms with Crippen molar-refractivity contribution in [1.82, 2.24) is 19.8 Å². The first-order valence-electron chi connectivity index (χ1n) is 8.74. The first kappa shape index (κ1) is 15.2. The molecule has 0 unspecified atom stereocenters. The smallest absolute Gasteiger partial charge is 0.196 e. The lowest BCUT2D eigenvalue weighted by atomic mass is 10.2. The molecular weight excluding hydrogens is 300 g/mol. The summed E-state index contributed by atoms with van der Waals surface area (Å²) < 4.78 is 0. The van der Waals surface area contributed by atoms with Gasteiger partial charge in [-0.3, -0.25) is 0 Å². The number of guanidine groups is 1. The standard InChI is InChI=1S/C18H24N6/c19-18-22-15(11-14-12-21-17-16(14)5-3-6-20-17)13-24(18)10-4-9-23-7-1-2-8-23/h3,5-6,11-12H,1-2,4,7-10,13H2,(H2,19,22)(H,20,21)/b15-11-. The molecule has 2 aromatic heterocycles. The number of rotatable bonds is 5. The van der Waals surface area contributed by atoms with E-state index >= 15 is 0 Å². The molecule has 4 rings (SSSR count). The largest absolute Gasteiger partial charge is 0.369 e. The van der Waals surface area contributed by atoms with Crippen LogP contribution in [-0.4, -0.2) is 58.5 Å². The lowest BCUT2D eigenvalue weighted by Gasteiger charge is -2.20. The molecule has 4 heterocycles. The third kappa shape index (κ3) is 3.14. The normalized spacial score (nSPS) is 20.4. The van der Waals surface area contributed by atoms with E-state index in [9.17, 15) is 0 Å². The van der Waals surface area contributed by atoms with Crippen molar-refractivity contribution >= 4 is 23.1 Å². The predicted molar refractivity (Wildman–Crippen MR) is 97.6 cm³/mol. The van der Waals surface area contributed by atoms with Gasteiger partial charge in [-0.1, -0.05) is 0 Å². The molecule has 0 saturated carbocycles. The zero-order valence-corrected chi connectivity index (χ0v) is 13.9. The lowest BCUT2D eigenvalue weighted by Crippen LogP contribution is -2.35. The topological polar surface area (TPSA) is 73.5 Å². The Kier molecular flexibility index (Phi) is 4.21. The Balaban J connectivity index is 1.39. The van der Waals surface area contributed by atoms with Crippen molar-refractivity contribution in [2.45, 2.75) is 19.3 Å². The van der Waals surface area contributed by atoms with Gasteiger partial charge in [0.1, 0.15) is 5.65 Å². The minimum absolute atomic E-state index is 0.639. The molecule has 0 atom stereocenters. The van der Waals surface area contributed by atoms with E-state index in [-0.39, 0.29) is 0 Å². The molecule has 0 aliphatic carbocycles. The number of likely N-dealkylation sites (tertiary alicyclic amines) is 1. The number of fused-ring (bicyclic) bond motifs is 1. The van der Waals surface area contributed by atoms with Crippen LogP contribution in [0.2, 0.25) is 0 Å². The fraction of sp³-hybridized carbons (Fsp3) is 0.444. The highest BCUT2D eigenvalue weighted by Crippen LogP contribution is 2.21. The monoisotopic (exact) mass is 324 g/mol. The van der Waals surface area contributed by atoms with E-state index in [0.717, 1.165) is 48.3 Å². The number of aromatic nitrogens is 2. The van der Waals surface area contributed by atoms with Gasteiger partial charge in [-0.05, 0) is 57.1 Å². The van der Waals surface area contributed by atoms with Crippen molar-refractivity contribution in [3.63, 3.8) is 0 Å². The molecular formula is C18H24N6. The van der Waals surface area contributed by atoms with Gasteiger partial charge in [0.05, 0.1) is 12.2 Å². The van der Waals surface area contributed by atoms with Crippen LogP contribution in [0.15, 0.2) is 35.2 Å². The first-order chi connectivity index (χ1) is 11.8. The summed E-state index contributed by atoms with van der Waals surface area (Å²) in [7, 11) is 0. The molecule has 1 saturated heterocycles. The van der Waals surface area contributed by atoms with Crippen molar-refractivity contribution in [3.05, 3.63) is 35.8 Å². The molecule has 2 aliphatic heterocycles. The Morgan fingerprint density at radius 3 is 3.00 bits per heavy atom. The average Bonchev–Trinajstić information content (AvgIpc) is 3.30. The number of nitrogens with one attached hydrogen (secondary N) is 1. The van der Waals surface area contributed by atoms with Crippen LogP contribution >= 0.6 is 0 Å². The SMILES string of the molecule is NC1=N/C(=C\c2c[nH]c3ncccc23)CN1CCCN1CCCC1. The predicted octanol–water partition coefficient (Wildman–Crippen LogP) is 2.02. The van der Waals surface area contributed by atoms with Gasteiger partial charge in [-0.25, -0.2) is 9.98 Å². The molecule has 0 bridgehead atoms. The lowest BCUT2D eigenvalue weighted by molar-refractivity contribution is 0.314. The molecule has 2 aliphatic rings. The molecule has 6 heteroatoms. The highest BCUT2D eigenvalue weighted by molar-refractivity contribution is 5.88. The van der Waals surface area contributed by atoms with Gasteiger partial charge < -0.3 is 20.5 Å². The van der Waals surface area contributed by atoms with Crippen LogP contribution < -0.4 is 5.73 Å². The Morgan fingerprint density at radius 2 is 2.12 bits per heavy atom. The Hall–Kier alpha value is -2.34. The molecule has 2 aromatic rings. The molecule has 0 spiro atoms. The maximum atomic E-state index is 6.11. The van der Waals surface area contributed by atoms with Crippen LogP contribution in [0.25, 0.3) is 17.1 Å². The van der Waals surface area contributed by atoms with Gasteiger partial charge in [-0.2, -0.15) is 0 Å². The minimum Gasteiger partial charge on any atom is -0.369 e. The quantitative estimate of drug-likeness (QED) is 0.882. The van der Waals surface area contributed by atoms with Crippen LogP contribution in [0.1, 0.15) is 24.8 Å². The number of nitrogens with zero attached hydrogens (tertiary/aromatic N) is 4. The van der Waals surface area contributed by atoms with Crippen molar-refractivity contribution in [2.24, 2.45) is 10.7 Å². The Bertz CT molecular complexity index is 769. The molecule has 3 N–H and O–H groups in total. The summed E-state index contributed by atoms with van der Waals surface area (Å²) in [6.07, 6.45) is 9.71. The fourth-order valence-electron chi connectivity index (χ4n) is 3.57. The molecule has 0 radical (unpaired) electrons. The number of hydrogen-bond donors (Lipinski definition) is 2. The number of hydrogen-bond acceptors (Lipinski definition) is 5. The number of pyridine rings is 1. The molecule has 0 aromatic carbocycles. The van der Waals surface area contributed by atoms with E-state index in [2.05, 4.69) is 36.9 Å². The summed E-state index contributed by atoms with van der Waals surface area (Å²) >= 11 is 0. The highest BCUT2D eigenvalue weighted by Gasteiger charge is 2.19. The Labute approximate surface area is 142 Å². The van der Waals surface area contributed by atoms with Gasteiger partial charge in [0, 0.05) is 29.9 Å². The van der Waals surface area contributed by atoms with Gasteiger partial charge in [0.15, 0.2) is 5.96 Å². The van der Waals surface area contributed by atoms with E-state index in [1.54, 1.807) is 6.20 Å². The number of nitrogens with two attached hydrogens (primary N) is 1. The van der Waals surface area contributed by atoms with Crippen molar-refractivity contribution in [1.29, 1.82) is 0 Å².